The minimum absolute atomic E-state index is 8.00. The molecule has 0 nitrogen and oxygen atoms in total. The summed E-state index contributed by atoms with van der Waals surface area (Å²) < 4.78 is 80.0. The Balaban J connectivity index is -0.0000000104. The molecule has 0 saturated heterocycles. The fourth-order valence-corrected chi connectivity index (χ4v) is 0. The number of hydrogen-bond donors (Lipinski definition) is 0. The first-order chi connectivity index (χ1) is 5.00. The summed E-state index contributed by atoms with van der Waals surface area (Å²) in [5, 5.41) is 0. The molecule has 0 unspecified atom stereocenters. The topological polar surface area (TPSA) is 0 Å². The third kappa shape index (κ3) is 591. The van der Waals surface area contributed by atoms with Gasteiger partial charge >= 0.3 is 0 Å². The molecule has 0 aromatic carbocycles. The summed E-state index contributed by atoms with van der Waals surface area (Å²) in [6.45, 7) is 0. The van der Waals surface area contributed by atoms with Crippen LogP contribution in [0.5, 0.6) is 0 Å². The lowest BCUT2D eigenvalue weighted by Gasteiger charge is -1.00. The van der Waals surface area contributed by atoms with Crippen molar-refractivity contribution < 1.29 is 45.7 Å². The van der Waals surface area contributed by atoms with E-state index in [2.05, 4.69) is 0 Å². The first kappa shape index (κ1) is 34.6. The largest absolute Gasteiger partial charge is 0 e. The molecule has 0 spiro atoms. The number of hydrogen-bond acceptors (Lipinski definition) is 0. The average molecular weight is 190 g/mol. The van der Waals surface area contributed by atoms with Gasteiger partial charge in [-0.25, -0.2) is 0 Å². The molecule has 0 saturated carbocycles. The van der Waals surface area contributed by atoms with Gasteiger partial charge in [0.1, 0.15) is 0 Å². The molecule has 0 rings (SSSR count). The lowest BCUT2D eigenvalue weighted by atomic mass is 18.0. The molecule has 0 bridgehead atoms. The van der Waals surface area contributed by atoms with Crippen LogP contribution in [0.3, 0.4) is 0 Å². The van der Waals surface area contributed by atoms with Crippen molar-refractivity contribution in [3.63, 3.8) is 0 Å². The molecular weight excluding hydrogens is 190 g/mol. The molecule has 0 N–H and O–H groups in total. The predicted molar refractivity (Wildman–Crippen MR) is 11.1 cm³/mol. The van der Waals surface area contributed by atoms with Gasteiger partial charge in [-0.3, -0.25) is 0 Å². The van der Waals surface area contributed by atoms with Crippen molar-refractivity contribution in [1.29, 1.82) is 0 Å². The summed E-state index contributed by atoms with van der Waals surface area (Å²) in [7, 11) is 0. The molecule has 0 aliphatic carbocycles. The van der Waals surface area contributed by atoms with Gasteiger partial charge in [0.2, 0.25) is 0 Å². The first-order valence-corrected chi connectivity index (χ1v) is 0.714. The first-order valence-electron chi connectivity index (χ1n) is 0.714. The molecule has 0 heterocycles. The molecule has 0 aromatic rings. The lowest BCUT2D eigenvalue weighted by molar-refractivity contribution is 0.108. The molecule has 0 aliphatic heterocycles. The van der Waals surface area contributed by atoms with E-state index >= 15 is 0 Å². The fourth-order valence-electron chi connectivity index (χ4n) is 0. The van der Waals surface area contributed by atoms with Gasteiger partial charge in [-0.2, -0.15) is 0 Å². The Hall–Kier alpha value is -0.700. The van der Waals surface area contributed by atoms with E-state index in [1.165, 1.54) is 0 Å². The monoisotopic (exact) mass is 190 g/mol. The highest BCUT2D eigenvalue weighted by atomic mass is 20.0. The van der Waals surface area contributed by atoms with Crippen molar-refractivity contribution in [3.8, 4) is 0 Å². The zero-order chi connectivity index (χ0) is 10.0. The number of rotatable bonds is 0. The summed E-state index contributed by atoms with van der Waals surface area (Å²) >= 11 is 0. The zero-order valence-corrected chi connectivity index (χ0v) is 3.78. The van der Waals surface area contributed by atoms with Gasteiger partial charge < -0.3 is 0 Å². The van der Waals surface area contributed by atoms with Gasteiger partial charge in [-0.15, -0.1) is 0 Å². The van der Waals surface area contributed by atoms with Crippen LogP contribution in [0.1, 0.15) is 0 Å². The summed E-state index contributed by atoms with van der Waals surface area (Å²) in [6.07, 6.45) is 0. The lowest BCUT2D eigenvalue weighted by Crippen LogP contribution is -0.580. The van der Waals surface area contributed by atoms with Gasteiger partial charge in [-0.05, 0) is 0 Å². The van der Waals surface area contributed by atoms with Crippen molar-refractivity contribution >= 4 is 0 Å². The minimum Gasteiger partial charge on any atom is 0 e. The van der Waals surface area contributed by atoms with Crippen LogP contribution in [-0.2, 0) is 0 Å². The predicted octanol–water partition coefficient (Wildman–Crippen LogP) is 4.20. The van der Waals surface area contributed by atoms with E-state index in [4.69, 9.17) is 45.7 Å². The van der Waals surface area contributed by atoms with Crippen LogP contribution < -0.4 is 0 Å². The maximum Gasteiger partial charge on any atom is 0 e. The third-order valence-corrected chi connectivity index (χ3v) is 0. The van der Waals surface area contributed by atoms with E-state index in [1.807, 2.05) is 0 Å². The SMILES string of the molecule is FF.FF.FF.FF.FF. The second-order valence-electron chi connectivity index (χ2n) is 0. The molecule has 10 heteroatoms. The molecule has 0 radical (unpaired) electrons. The molecule has 0 aliphatic rings. The highest BCUT2D eigenvalue weighted by Gasteiger charge is 1.01. The van der Waals surface area contributed by atoms with E-state index in [1.54, 1.807) is 0 Å². The molecule has 70 valence electrons. The smallest absolute Gasteiger partial charge is 0 e. The Kier molecular flexibility index (Phi) is 3130. The summed E-state index contributed by atoms with van der Waals surface area (Å²) in [5.74, 6) is 0. The zero-order valence-electron chi connectivity index (χ0n) is 3.78. The summed E-state index contributed by atoms with van der Waals surface area (Å²) in [6, 6.07) is 0. The molecule has 10 heavy (non-hydrogen) atoms. The summed E-state index contributed by atoms with van der Waals surface area (Å²) in [4.78, 5) is 0. The molecule has 0 amide bonds. The van der Waals surface area contributed by atoms with E-state index < -0.39 is 0 Å². The van der Waals surface area contributed by atoms with Gasteiger partial charge in [0.15, 0.2) is 0 Å². The van der Waals surface area contributed by atoms with E-state index in [0.29, 0.717) is 0 Å². The van der Waals surface area contributed by atoms with Crippen LogP contribution in [0.15, 0.2) is 0 Å². The van der Waals surface area contributed by atoms with Gasteiger partial charge in [-0.1, -0.05) is 0 Å². The third-order valence-electron chi connectivity index (χ3n) is 0. The Morgan fingerprint density at radius 3 is 0.200 bits per heavy atom. The second-order valence-corrected chi connectivity index (χ2v) is 0. The van der Waals surface area contributed by atoms with Crippen LogP contribution in [-0.4, -0.2) is 0 Å². The average Bonchev–Trinajstić information content (AvgIpc) is 2.20. The quantitative estimate of drug-likeness (QED) is 0.502. The van der Waals surface area contributed by atoms with Crippen LogP contribution in [0, 0.1) is 0 Å². The van der Waals surface area contributed by atoms with E-state index in [-0.39, 0.29) is 0 Å². The Labute approximate surface area is 47.4 Å². The molecular formula is F10. The van der Waals surface area contributed by atoms with Crippen LogP contribution in [0.25, 0.3) is 0 Å². The summed E-state index contributed by atoms with van der Waals surface area (Å²) in [5.41, 5.74) is 0. The van der Waals surface area contributed by atoms with Crippen LogP contribution in [0.2, 0.25) is 0 Å². The van der Waals surface area contributed by atoms with Crippen molar-refractivity contribution in [1.82, 2.24) is 0 Å². The van der Waals surface area contributed by atoms with Gasteiger partial charge in [0.05, 0.1) is 0 Å². The minimum atomic E-state index is 8.00. The Morgan fingerprint density at radius 2 is 0.200 bits per heavy atom. The number of halogens is 10. The maximum absolute atomic E-state index is 8.00. The van der Waals surface area contributed by atoms with Crippen molar-refractivity contribution in [2.45, 2.75) is 0 Å². The maximum atomic E-state index is 8.00. The van der Waals surface area contributed by atoms with Crippen molar-refractivity contribution in [2.24, 2.45) is 0 Å². The van der Waals surface area contributed by atoms with Crippen molar-refractivity contribution in [2.75, 3.05) is 0 Å². The second kappa shape index (κ2) is 903. The molecule has 0 atom stereocenters. The van der Waals surface area contributed by atoms with E-state index in [0.717, 1.165) is 0 Å². The Morgan fingerprint density at radius 1 is 0.200 bits per heavy atom. The van der Waals surface area contributed by atoms with Crippen LogP contribution >= 0.6 is 0 Å². The normalized spacial score (nSPS) is 3.00. The van der Waals surface area contributed by atoms with E-state index in [9.17, 15) is 0 Å². The Bertz CT molecular complexity index is 0. The van der Waals surface area contributed by atoms with Crippen LogP contribution in [0.4, 0.5) is 45.7 Å². The molecule has 0 aromatic heterocycles. The fraction of sp³-hybridized carbons (Fsp3) is 0. The highest BCUT2D eigenvalue weighted by molar-refractivity contribution is 2.12. The van der Waals surface area contributed by atoms with Crippen molar-refractivity contribution in [3.05, 3.63) is 0 Å². The van der Waals surface area contributed by atoms with Gasteiger partial charge in [0.25, 0.3) is 0 Å². The van der Waals surface area contributed by atoms with Gasteiger partial charge in [0, 0.05) is 45.7 Å². The standard InChI is InChI=1S/5F2/c5*1-2. The highest BCUT2D eigenvalue weighted by Crippen LogP contribution is 1.43. The molecule has 0 fully saturated rings.